The number of amides is 1. The number of aromatic carboxylic acids is 1. The number of thioether (sulfide) groups is 1. The summed E-state index contributed by atoms with van der Waals surface area (Å²) in [5.74, 6) is -1.36. The van der Waals surface area contributed by atoms with Crippen LogP contribution in [0.1, 0.15) is 40.0 Å². The minimum Gasteiger partial charge on any atom is -0.478 e. The zero-order chi connectivity index (χ0) is 13.8. The first kappa shape index (κ1) is 13.9. The third-order valence-electron chi connectivity index (χ3n) is 3.46. The number of rotatable bonds is 4. The molecule has 0 saturated heterocycles. The van der Waals surface area contributed by atoms with Crippen molar-refractivity contribution in [2.45, 2.75) is 30.6 Å². The van der Waals surface area contributed by atoms with E-state index in [-0.39, 0.29) is 23.1 Å². The molecule has 5 heteroatoms. The van der Waals surface area contributed by atoms with Crippen molar-refractivity contribution in [1.82, 2.24) is 5.32 Å². The first-order chi connectivity index (χ1) is 9.11. The van der Waals surface area contributed by atoms with Gasteiger partial charge >= 0.3 is 5.97 Å². The second kappa shape index (κ2) is 6.10. The summed E-state index contributed by atoms with van der Waals surface area (Å²) in [4.78, 5) is 23.2. The summed E-state index contributed by atoms with van der Waals surface area (Å²) < 4.78 is 0. The summed E-state index contributed by atoms with van der Waals surface area (Å²) in [6.07, 6.45) is 5.11. The van der Waals surface area contributed by atoms with E-state index in [0.717, 1.165) is 19.3 Å². The molecule has 1 aromatic carbocycles. The monoisotopic (exact) mass is 279 g/mol. The normalized spacial score (nSPS) is 22.2. The zero-order valence-electron chi connectivity index (χ0n) is 10.8. The van der Waals surface area contributed by atoms with E-state index in [1.165, 1.54) is 6.07 Å². The second-order valence-electron chi connectivity index (χ2n) is 4.69. The molecule has 1 fully saturated rings. The van der Waals surface area contributed by atoms with Crippen LogP contribution in [-0.2, 0) is 0 Å². The first-order valence-corrected chi connectivity index (χ1v) is 7.56. The van der Waals surface area contributed by atoms with Crippen LogP contribution in [0, 0.1) is 0 Å². The van der Waals surface area contributed by atoms with Gasteiger partial charge in [0.25, 0.3) is 5.91 Å². The Morgan fingerprint density at radius 2 is 1.95 bits per heavy atom. The van der Waals surface area contributed by atoms with Crippen molar-refractivity contribution >= 4 is 23.6 Å². The molecule has 2 N–H and O–H groups in total. The number of hydrogen-bond acceptors (Lipinski definition) is 3. The molecule has 1 saturated carbocycles. The minimum atomic E-state index is -1.07. The molecule has 0 radical (unpaired) electrons. The molecule has 1 amide bonds. The van der Waals surface area contributed by atoms with Crippen LogP contribution in [0.3, 0.4) is 0 Å². The molecule has 4 nitrogen and oxygen atoms in total. The average molecular weight is 279 g/mol. The molecule has 102 valence electrons. The van der Waals surface area contributed by atoms with E-state index in [9.17, 15) is 9.59 Å². The number of carbonyl (C=O) groups excluding carboxylic acids is 1. The lowest BCUT2D eigenvalue weighted by Gasteiger charge is -2.13. The Kier molecular flexibility index (Phi) is 4.47. The van der Waals surface area contributed by atoms with E-state index in [1.54, 1.807) is 18.2 Å². The molecule has 2 rings (SSSR count). The van der Waals surface area contributed by atoms with Crippen molar-refractivity contribution in [3.8, 4) is 0 Å². The predicted octanol–water partition coefficient (Wildman–Crippen LogP) is 2.40. The first-order valence-electron chi connectivity index (χ1n) is 6.27. The van der Waals surface area contributed by atoms with Gasteiger partial charge in [0.05, 0.1) is 11.1 Å². The highest BCUT2D eigenvalue weighted by atomic mass is 32.2. The summed E-state index contributed by atoms with van der Waals surface area (Å²) in [6.45, 7) is 0. The van der Waals surface area contributed by atoms with Crippen molar-refractivity contribution in [1.29, 1.82) is 0 Å². The maximum absolute atomic E-state index is 12.1. The molecule has 1 aliphatic rings. The van der Waals surface area contributed by atoms with Crippen molar-refractivity contribution in [2.75, 3.05) is 6.26 Å². The molecule has 0 aromatic heterocycles. The fourth-order valence-corrected chi connectivity index (χ4v) is 3.21. The molecule has 0 bridgehead atoms. The Morgan fingerprint density at radius 3 is 2.53 bits per heavy atom. The number of benzene rings is 1. The van der Waals surface area contributed by atoms with E-state index in [4.69, 9.17) is 5.11 Å². The molecule has 0 aliphatic heterocycles. The summed E-state index contributed by atoms with van der Waals surface area (Å²) in [5, 5.41) is 12.6. The number of hydrogen-bond donors (Lipinski definition) is 2. The van der Waals surface area contributed by atoms with Gasteiger partial charge in [0.1, 0.15) is 0 Å². The maximum Gasteiger partial charge on any atom is 0.336 e. The lowest BCUT2D eigenvalue weighted by Crippen LogP contribution is -2.34. The van der Waals surface area contributed by atoms with E-state index in [0.29, 0.717) is 5.25 Å². The third kappa shape index (κ3) is 3.29. The van der Waals surface area contributed by atoms with Crippen LogP contribution in [0.25, 0.3) is 0 Å². The van der Waals surface area contributed by atoms with Crippen LogP contribution in [0.5, 0.6) is 0 Å². The molecule has 0 spiro atoms. The molecular weight excluding hydrogens is 262 g/mol. The molecule has 2 atom stereocenters. The fourth-order valence-electron chi connectivity index (χ4n) is 2.42. The van der Waals surface area contributed by atoms with Crippen LogP contribution < -0.4 is 5.32 Å². The van der Waals surface area contributed by atoms with Gasteiger partial charge in [-0.2, -0.15) is 11.8 Å². The number of carboxylic acid groups (broad SMARTS) is 1. The third-order valence-corrected chi connectivity index (χ3v) is 4.55. The summed E-state index contributed by atoms with van der Waals surface area (Å²) in [5.41, 5.74) is 0.294. The summed E-state index contributed by atoms with van der Waals surface area (Å²) in [6, 6.07) is 6.48. The van der Waals surface area contributed by atoms with Gasteiger partial charge in [0.15, 0.2) is 0 Å². The molecule has 1 aromatic rings. The number of nitrogens with one attached hydrogen (secondary N) is 1. The van der Waals surface area contributed by atoms with Gasteiger partial charge in [-0.25, -0.2) is 4.79 Å². The largest absolute Gasteiger partial charge is 0.478 e. The molecule has 2 unspecified atom stereocenters. The van der Waals surface area contributed by atoms with E-state index < -0.39 is 5.97 Å². The maximum atomic E-state index is 12.1. The lowest BCUT2D eigenvalue weighted by molar-refractivity contribution is 0.0690. The smallest absolute Gasteiger partial charge is 0.336 e. The van der Waals surface area contributed by atoms with Gasteiger partial charge in [-0.3, -0.25) is 4.79 Å². The van der Waals surface area contributed by atoms with Crippen LogP contribution in [0.4, 0.5) is 0 Å². The molecule has 19 heavy (non-hydrogen) atoms. The number of carbonyl (C=O) groups is 2. The van der Waals surface area contributed by atoms with E-state index in [1.807, 2.05) is 11.8 Å². The van der Waals surface area contributed by atoms with Crippen LogP contribution in [0.2, 0.25) is 0 Å². The van der Waals surface area contributed by atoms with Crippen LogP contribution in [-0.4, -0.2) is 34.5 Å². The van der Waals surface area contributed by atoms with Gasteiger partial charge in [-0.15, -0.1) is 0 Å². The highest BCUT2D eigenvalue weighted by molar-refractivity contribution is 7.99. The van der Waals surface area contributed by atoms with Crippen molar-refractivity contribution in [3.05, 3.63) is 35.4 Å². The molecular formula is C14H17NO3S. The molecule has 0 heterocycles. The highest BCUT2D eigenvalue weighted by Gasteiger charge is 2.26. The van der Waals surface area contributed by atoms with Crippen molar-refractivity contribution < 1.29 is 14.7 Å². The average Bonchev–Trinajstić information content (AvgIpc) is 2.86. The standard InChI is InChI=1S/C14H17NO3S/c1-19-10-7-6-9(8-10)15-13(16)11-4-2-3-5-12(11)14(17)18/h2-5,9-10H,6-8H2,1H3,(H,15,16)(H,17,18). The van der Waals surface area contributed by atoms with Gasteiger partial charge in [-0.1, -0.05) is 12.1 Å². The van der Waals surface area contributed by atoms with Gasteiger partial charge in [0.2, 0.25) is 0 Å². The van der Waals surface area contributed by atoms with Crippen molar-refractivity contribution in [3.63, 3.8) is 0 Å². The zero-order valence-corrected chi connectivity index (χ0v) is 11.6. The summed E-state index contributed by atoms with van der Waals surface area (Å²) in [7, 11) is 0. The Morgan fingerprint density at radius 1 is 1.26 bits per heavy atom. The van der Waals surface area contributed by atoms with Crippen LogP contribution >= 0.6 is 11.8 Å². The van der Waals surface area contributed by atoms with Gasteiger partial charge < -0.3 is 10.4 Å². The second-order valence-corrected chi connectivity index (χ2v) is 5.83. The Balaban J connectivity index is 2.06. The highest BCUT2D eigenvalue weighted by Crippen LogP contribution is 2.28. The Labute approximate surface area is 116 Å². The fraction of sp³-hybridized carbons (Fsp3) is 0.429. The Hall–Kier alpha value is -1.49. The van der Waals surface area contributed by atoms with Gasteiger partial charge in [0, 0.05) is 11.3 Å². The van der Waals surface area contributed by atoms with Gasteiger partial charge in [-0.05, 0) is 37.7 Å². The lowest BCUT2D eigenvalue weighted by atomic mass is 10.1. The molecule has 1 aliphatic carbocycles. The minimum absolute atomic E-state index is 0.0550. The SMILES string of the molecule is CSC1CCC(NC(=O)c2ccccc2C(=O)O)C1. The predicted molar refractivity (Wildman–Crippen MR) is 75.8 cm³/mol. The van der Waals surface area contributed by atoms with E-state index in [2.05, 4.69) is 11.6 Å². The van der Waals surface area contributed by atoms with E-state index >= 15 is 0 Å². The topological polar surface area (TPSA) is 66.4 Å². The van der Waals surface area contributed by atoms with Crippen molar-refractivity contribution in [2.24, 2.45) is 0 Å². The Bertz CT molecular complexity index is 489. The number of carboxylic acids is 1. The van der Waals surface area contributed by atoms with Crippen LogP contribution in [0.15, 0.2) is 24.3 Å². The summed E-state index contributed by atoms with van der Waals surface area (Å²) >= 11 is 1.82. The quantitative estimate of drug-likeness (QED) is 0.888.